The number of urea groups is 1. The van der Waals surface area contributed by atoms with Crippen molar-refractivity contribution in [1.29, 1.82) is 0 Å². The first-order valence-electron chi connectivity index (χ1n) is 10.4. The van der Waals surface area contributed by atoms with E-state index in [-0.39, 0.29) is 18.0 Å². The molecule has 1 saturated carbocycles. The fraction of sp³-hybridized carbons (Fsp3) is 0.524. The van der Waals surface area contributed by atoms with Crippen molar-refractivity contribution >= 4 is 28.4 Å². The average Bonchev–Trinajstić information content (AvgIpc) is 3.23. The normalized spacial score (nSPS) is 20.3. The van der Waals surface area contributed by atoms with Crippen LogP contribution in [-0.2, 0) is 0 Å². The molecule has 1 aromatic heterocycles. The Bertz CT molecular complexity index is 835. The van der Waals surface area contributed by atoms with Gasteiger partial charge in [-0.2, -0.15) is 0 Å². The minimum Gasteiger partial charge on any atom is -0.337 e. The van der Waals surface area contributed by atoms with Crippen LogP contribution in [0.3, 0.4) is 0 Å². The van der Waals surface area contributed by atoms with Crippen molar-refractivity contribution in [3.05, 3.63) is 40.9 Å². The molecule has 29 heavy (non-hydrogen) atoms. The quantitative estimate of drug-likeness (QED) is 0.793. The Kier molecular flexibility index (Phi) is 6.39. The molecule has 1 aliphatic heterocycles. The number of likely N-dealkylation sites (tertiary alicyclic amines) is 1. The van der Waals surface area contributed by atoms with Gasteiger partial charge in [-0.3, -0.25) is 10.1 Å². The van der Waals surface area contributed by atoms with Crippen LogP contribution in [0.4, 0.5) is 9.93 Å². The number of hydrogen-bond acceptors (Lipinski definition) is 5. The fourth-order valence-electron chi connectivity index (χ4n) is 4.16. The van der Waals surface area contributed by atoms with E-state index in [1.807, 2.05) is 35.2 Å². The van der Waals surface area contributed by atoms with Gasteiger partial charge < -0.3 is 10.2 Å². The molecule has 2 aliphatic rings. The number of nitrogens with zero attached hydrogens (tertiary/aromatic N) is 3. The highest BCUT2D eigenvalue weighted by Crippen LogP contribution is 2.35. The minimum absolute atomic E-state index is 0.0127. The SMILES string of the molecule is O=C(Nc1nnc(C2CCCCC2)s1)NC1CCCN(C(=O)c2ccccc2)C1. The molecular weight excluding hydrogens is 386 g/mol. The van der Waals surface area contributed by atoms with Crippen molar-refractivity contribution in [3.8, 4) is 0 Å². The summed E-state index contributed by atoms with van der Waals surface area (Å²) in [5.74, 6) is 0.495. The maximum Gasteiger partial charge on any atom is 0.321 e. The van der Waals surface area contributed by atoms with E-state index in [1.165, 1.54) is 30.6 Å². The lowest BCUT2D eigenvalue weighted by Gasteiger charge is -2.33. The third-order valence-electron chi connectivity index (χ3n) is 5.68. The number of amides is 3. The predicted molar refractivity (Wildman–Crippen MR) is 113 cm³/mol. The van der Waals surface area contributed by atoms with E-state index in [2.05, 4.69) is 20.8 Å². The number of carbonyl (C=O) groups excluding carboxylic acids is 2. The third kappa shape index (κ3) is 5.12. The third-order valence-corrected chi connectivity index (χ3v) is 6.68. The Morgan fingerprint density at radius 1 is 1.00 bits per heavy atom. The Morgan fingerprint density at radius 2 is 1.79 bits per heavy atom. The molecular formula is C21H27N5O2S. The molecule has 2 fully saturated rings. The van der Waals surface area contributed by atoms with Crippen LogP contribution in [0.25, 0.3) is 0 Å². The van der Waals surface area contributed by atoms with Gasteiger partial charge in [0.25, 0.3) is 5.91 Å². The summed E-state index contributed by atoms with van der Waals surface area (Å²) in [6.45, 7) is 1.24. The van der Waals surface area contributed by atoms with Crippen molar-refractivity contribution in [2.24, 2.45) is 0 Å². The molecule has 1 aromatic carbocycles. The van der Waals surface area contributed by atoms with E-state index in [0.29, 0.717) is 29.7 Å². The monoisotopic (exact) mass is 413 g/mol. The Balaban J connectivity index is 1.29. The molecule has 1 aliphatic carbocycles. The summed E-state index contributed by atoms with van der Waals surface area (Å²) in [5.41, 5.74) is 0.682. The number of nitrogens with one attached hydrogen (secondary N) is 2. The maximum absolute atomic E-state index is 12.7. The second kappa shape index (κ2) is 9.35. The lowest BCUT2D eigenvalue weighted by molar-refractivity contribution is 0.0698. The van der Waals surface area contributed by atoms with Gasteiger partial charge in [0.05, 0.1) is 0 Å². The van der Waals surface area contributed by atoms with Gasteiger partial charge in [-0.05, 0) is 37.8 Å². The number of benzene rings is 1. The van der Waals surface area contributed by atoms with E-state index in [1.54, 1.807) is 0 Å². The molecule has 1 unspecified atom stereocenters. The van der Waals surface area contributed by atoms with Gasteiger partial charge in [-0.15, -0.1) is 10.2 Å². The molecule has 0 radical (unpaired) electrons. The number of hydrogen-bond donors (Lipinski definition) is 2. The number of anilines is 1. The highest BCUT2D eigenvalue weighted by molar-refractivity contribution is 7.15. The molecule has 7 nitrogen and oxygen atoms in total. The van der Waals surface area contributed by atoms with Gasteiger partial charge in [0.2, 0.25) is 5.13 Å². The van der Waals surface area contributed by atoms with E-state index >= 15 is 0 Å². The van der Waals surface area contributed by atoms with Crippen LogP contribution in [0.5, 0.6) is 0 Å². The van der Waals surface area contributed by atoms with Gasteiger partial charge in [0, 0.05) is 30.6 Å². The average molecular weight is 414 g/mol. The molecule has 1 atom stereocenters. The lowest BCUT2D eigenvalue weighted by atomic mass is 9.90. The van der Waals surface area contributed by atoms with Gasteiger partial charge >= 0.3 is 6.03 Å². The van der Waals surface area contributed by atoms with Crippen LogP contribution >= 0.6 is 11.3 Å². The summed E-state index contributed by atoms with van der Waals surface area (Å²) in [7, 11) is 0. The number of piperidine rings is 1. The lowest BCUT2D eigenvalue weighted by Crippen LogP contribution is -2.50. The van der Waals surface area contributed by atoms with Crippen LogP contribution in [0.15, 0.2) is 30.3 Å². The van der Waals surface area contributed by atoms with Crippen LogP contribution < -0.4 is 10.6 Å². The highest BCUT2D eigenvalue weighted by atomic mass is 32.1. The van der Waals surface area contributed by atoms with Crippen LogP contribution in [-0.4, -0.2) is 46.2 Å². The van der Waals surface area contributed by atoms with Crippen LogP contribution in [0, 0.1) is 0 Å². The zero-order valence-electron chi connectivity index (χ0n) is 16.5. The van der Waals surface area contributed by atoms with Crippen LogP contribution in [0.2, 0.25) is 0 Å². The maximum atomic E-state index is 12.7. The van der Waals surface area contributed by atoms with E-state index in [0.717, 1.165) is 30.7 Å². The van der Waals surface area contributed by atoms with Crippen molar-refractivity contribution in [1.82, 2.24) is 20.4 Å². The molecule has 0 bridgehead atoms. The molecule has 2 heterocycles. The van der Waals surface area contributed by atoms with Crippen molar-refractivity contribution < 1.29 is 9.59 Å². The van der Waals surface area contributed by atoms with Crippen molar-refractivity contribution in [3.63, 3.8) is 0 Å². The molecule has 3 amide bonds. The Labute approximate surface area is 174 Å². The van der Waals surface area contributed by atoms with E-state index in [4.69, 9.17) is 0 Å². The predicted octanol–water partition coefficient (Wildman–Crippen LogP) is 4.01. The molecule has 2 N–H and O–H groups in total. The fourth-order valence-corrected chi connectivity index (χ4v) is 5.07. The zero-order chi connectivity index (χ0) is 20.1. The van der Waals surface area contributed by atoms with Crippen molar-refractivity contribution in [2.75, 3.05) is 18.4 Å². The first-order chi connectivity index (χ1) is 14.2. The summed E-state index contributed by atoms with van der Waals surface area (Å²) in [4.78, 5) is 26.9. The van der Waals surface area contributed by atoms with Gasteiger partial charge in [-0.1, -0.05) is 48.8 Å². The first kappa shape index (κ1) is 19.8. The van der Waals surface area contributed by atoms with Gasteiger partial charge in [-0.25, -0.2) is 4.79 Å². The smallest absolute Gasteiger partial charge is 0.321 e. The Morgan fingerprint density at radius 3 is 2.59 bits per heavy atom. The number of aromatic nitrogens is 2. The number of rotatable bonds is 4. The standard InChI is InChI=1S/C21H27N5O2S/c27-19(16-10-5-2-6-11-16)26-13-7-12-17(14-26)22-20(28)23-21-25-24-18(29-21)15-8-3-1-4-9-15/h2,5-6,10-11,15,17H,1,3-4,7-9,12-14H2,(H2,22,23,25,28). The zero-order valence-corrected chi connectivity index (χ0v) is 17.3. The molecule has 0 spiro atoms. The van der Waals surface area contributed by atoms with Crippen LogP contribution in [0.1, 0.15) is 66.2 Å². The first-order valence-corrected chi connectivity index (χ1v) is 11.3. The summed E-state index contributed by atoms with van der Waals surface area (Å²) in [5, 5.41) is 15.8. The van der Waals surface area contributed by atoms with E-state index in [9.17, 15) is 9.59 Å². The summed E-state index contributed by atoms with van der Waals surface area (Å²) in [6, 6.07) is 8.93. The topological polar surface area (TPSA) is 87.2 Å². The summed E-state index contributed by atoms with van der Waals surface area (Å²) in [6.07, 6.45) is 7.83. The summed E-state index contributed by atoms with van der Waals surface area (Å²) >= 11 is 1.47. The highest BCUT2D eigenvalue weighted by Gasteiger charge is 2.26. The molecule has 2 aromatic rings. The minimum atomic E-state index is -0.282. The molecule has 4 rings (SSSR count). The molecule has 8 heteroatoms. The van der Waals surface area contributed by atoms with E-state index < -0.39 is 0 Å². The molecule has 1 saturated heterocycles. The largest absolute Gasteiger partial charge is 0.337 e. The Hall–Kier alpha value is -2.48. The second-order valence-corrected chi connectivity index (χ2v) is 8.84. The molecule has 154 valence electrons. The number of carbonyl (C=O) groups is 2. The summed E-state index contributed by atoms with van der Waals surface area (Å²) < 4.78 is 0. The van der Waals surface area contributed by atoms with Crippen molar-refractivity contribution in [2.45, 2.75) is 56.9 Å². The van der Waals surface area contributed by atoms with Gasteiger partial charge in [0.15, 0.2) is 0 Å². The van der Waals surface area contributed by atoms with Gasteiger partial charge in [0.1, 0.15) is 5.01 Å². The second-order valence-electron chi connectivity index (χ2n) is 7.84.